The first-order chi connectivity index (χ1) is 8.04. The van der Waals surface area contributed by atoms with E-state index in [1.807, 2.05) is 0 Å². The number of halogens is 1. The van der Waals surface area contributed by atoms with Gasteiger partial charge < -0.3 is 19.3 Å². The second-order valence-electron chi connectivity index (χ2n) is 3.16. The highest BCUT2D eigenvalue weighted by Gasteiger charge is 2.21. The van der Waals surface area contributed by atoms with E-state index in [-0.39, 0.29) is 0 Å². The average Bonchev–Trinajstić information content (AvgIpc) is 2.35. The Bertz CT molecular complexity index is 419. The van der Waals surface area contributed by atoms with Gasteiger partial charge in [0.05, 0.1) is 25.8 Å². The summed E-state index contributed by atoms with van der Waals surface area (Å²) in [6.07, 6.45) is -1.35. The van der Waals surface area contributed by atoms with Crippen LogP contribution in [0.4, 0.5) is 0 Å². The molecule has 0 aliphatic rings. The first-order valence-corrected chi connectivity index (χ1v) is 5.51. The highest BCUT2D eigenvalue weighted by molar-refractivity contribution is 9.10. The molecule has 5 nitrogen and oxygen atoms in total. The minimum atomic E-state index is -1.35. The van der Waals surface area contributed by atoms with Gasteiger partial charge in [-0.05, 0) is 33.6 Å². The number of ether oxygens (including phenoxy) is 3. The fraction of sp³-hybridized carbons (Fsp3) is 0.364. The van der Waals surface area contributed by atoms with E-state index < -0.39 is 12.1 Å². The maximum Gasteiger partial charge on any atom is 0.339 e. The highest BCUT2D eigenvalue weighted by Crippen LogP contribution is 2.37. The van der Waals surface area contributed by atoms with E-state index in [2.05, 4.69) is 20.7 Å². The van der Waals surface area contributed by atoms with E-state index in [0.29, 0.717) is 21.5 Å². The van der Waals surface area contributed by atoms with Gasteiger partial charge in [-0.25, -0.2) is 4.79 Å². The van der Waals surface area contributed by atoms with Crippen molar-refractivity contribution in [3.8, 4) is 11.5 Å². The van der Waals surface area contributed by atoms with Gasteiger partial charge in [0.2, 0.25) is 0 Å². The Balaban J connectivity index is 3.19. The zero-order chi connectivity index (χ0) is 13.0. The van der Waals surface area contributed by atoms with Gasteiger partial charge in [0.25, 0.3) is 0 Å². The SMILES string of the molecule is COC(=O)C(O)c1cc(Br)c(OC)c(OC)c1. The van der Waals surface area contributed by atoms with Crippen LogP contribution in [-0.4, -0.2) is 32.4 Å². The maximum atomic E-state index is 11.2. The largest absolute Gasteiger partial charge is 0.493 e. The first-order valence-electron chi connectivity index (χ1n) is 4.72. The van der Waals surface area contributed by atoms with Gasteiger partial charge in [-0.15, -0.1) is 0 Å². The summed E-state index contributed by atoms with van der Waals surface area (Å²) in [5, 5.41) is 9.71. The molecule has 0 bridgehead atoms. The van der Waals surface area contributed by atoms with Gasteiger partial charge in [0.15, 0.2) is 17.6 Å². The second kappa shape index (κ2) is 5.88. The lowest BCUT2D eigenvalue weighted by Crippen LogP contribution is -2.13. The standard InChI is InChI=1S/C11H13BrO5/c1-15-8-5-6(9(13)11(14)17-3)4-7(12)10(8)16-2/h4-5,9,13H,1-3H3. The van der Waals surface area contributed by atoms with E-state index in [4.69, 9.17) is 9.47 Å². The summed E-state index contributed by atoms with van der Waals surface area (Å²) in [5.74, 6) is 0.178. The molecule has 0 amide bonds. The molecule has 0 aliphatic carbocycles. The van der Waals surface area contributed by atoms with Crippen molar-refractivity contribution in [2.24, 2.45) is 0 Å². The molecule has 1 N–H and O–H groups in total. The molecular weight excluding hydrogens is 292 g/mol. The summed E-state index contributed by atoms with van der Waals surface area (Å²) >= 11 is 3.27. The molecule has 0 saturated carbocycles. The Morgan fingerprint density at radius 3 is 2.41 bits per heavy atom. The smallest absolute Gasteiger partial charge is 0.339 e. The molecule has 17 heavy (non-hydrogen) atoms. The van der Waals surface area contributed by atoms with E-state index in [9.17, 15) is 9.90 Å². The van der Waals surface area contributed by atoms with E-state index in [1.54, 1.807) is 6.07 Å². The van der Waals surface area contributed by atoms with Crippen molar-refractivity contribution in [3.63, 3.8) is 0 Å². The Labute approximate surface area is 107 Å². The van der Waals surface area contributed by atoms with Gasteiger partial charge in [-0.2, -0.15) is 0 Å². The van der Waals surface area contributed by atoms with Crippen LogP contribution in [-0.2, 0) is 9.53 Å². The van der Waals surface area contributed by atoms with Crippen LogP contribution in [0.5, 0.6) is 11.5 Å². The molecule has 0 fully saturated rings. The number of methoxy groups -OCH3 is 3. The molecule has 0 radical (unpaired) electrons. The van der Waals surface area contributed by atoms with Crippen molar-refractivity contribution in [2.45, 2.75) is 6.10 Å². The number of hydrogen-bond donors (Lipinski definition) is 1. The minimum Gasteiger partial charge on any atom is -0.493 e. The topological polar surface area (TPSA) is 65.0 Å². The summed E-state index contributed by atoms with van der Waals surface area (Å²) in [7, 11) is 4.18. The van der Waals surface area contributed by atoms with Crippen LogP contribution in [0.2, 0.25) is 0 Å². The third-order valence-electron chi connectivity index (χ3n) is 2.20. The molecule has 0 aromatic heterocycles. The van der Waals surface area contributed by atoms with Crippen molar-refractivity contribution in [2.75, 3.05) is 21.3 Å². The zero-order valence-corrected chi connectivity index (χ0v) is 11.3. The summed E-state index contributed by atoms with van der Waals surface area (Å²) in [4.78, 5) is 11.2. The maximum absolute atomic E-state index is 11.2. The number of hydrogen-bond acceptors (Lipinski definition) is 5. The van der Waals surface area contributed by atoms with Crippen LogP contribution < -0.4 is 9.47 Å². The van der Waals surface area contributed by atoms with Crippen LogP contribution in [0.25, 0.3) is 0 Å². The van der Waals surface area contributed by atoms with Gasteiger partial charge in [0.1, 0.15) is 0 Å². The van der Waals surface area contributed by atoms with Gasteiger partial charge >= 0.3 is 5.97 Å². The Kier molecular flexibility index (Phi) is 4.77. The highest BCUT2D eigenvalue weighted by atomic mass is 79.9. The number of aliphatic hydroxyl groups excluding tert-OH is 1. The fourth-order valence-electron chi connectivity index (χ4n) is 1.34. The Hall–Kier alpha value is -1.27. The average molecular weight is 305 g/mol. The molecule has 1 aromatic carbocycles. The monoisotopic (exact) mass is 304 g/mol. The first kappa shape index (κ1) is 13.8. The number of rotatable bonds is 4. The molecule has 0 aliphatic heterocycles. The molecule has 0 heterocycles. The molecule has 6 heteroatoms. The number of aliphatic hydroxyl groups is 1. The number of esters is 1. The summed E-state index contributed by atoms with van der Waals surface area (Å²) in [5.41, 5.74) is 0.362. The summed E-state index contributed by atoms with van der Waals surface area (Å²) < 4.78 is 15.3. The quantitative estimate of drug-likeness (QED) is 0.857. The summed E-state index contributed by atoms with van der Waals surface area (Å²) in [6.45, 7) is 0. The minimum absolute atomic E-state index is 0.362. The van der Waals surface area contributed by atoms with Crippen molar-refractivity contribution in [1.82, 2.24) is 0 Å². The van der Waals surface area contributed by atoms with Crippen LogP contribution >= 0.6 is 15.9 Å². The van der Waals surface area contributed by atoms with Gasteiger partial charge in [-0.3, -0.25) is 0 Å². The number of carbonyl (C=O) groups excluding carboxylic acids is 1. The molecule has 0 saturated heterocycles. The predicted octanol–water partition coefficient (Wildman–Crippen LogP) is 1.67. The van der Waals surface area contributed by atoms with E-state index in [0.717, 1.165) is 0 Å². The lowest BCUT2D eigenvalue weighted by atomic mass is 10.1. The van der Waals surface area contributed by atoms with Crippen LogP contribution in [0.3, 0.4) is 0 Å². The molecule has 0 spiro atoms. The van der Waals surface area contributed by atoms with Crippen molar-refractivity contribution in [3.05, 3.63) is 22.2 Å². The molecule has 1 rings (SSSR count). The molecular formula is C11H13BrO5. The normalized spacial score (nSPS) is 11.8. The number of carbonyl (C=O) groups is 1. The lowest BCUT2D eigenvalue weighted by molar-refractivity contribution is -0.150. The second-order valence-corrected chi connectivity index (χ2v) is 4.02. The lowest BCUT2D eigenvalue weighted by Gasteiger charge is -2.14. The van der Waals surface area contributed by atoms with Crippen LogP contribution in [0.15, 0.2) is 16.6 Å². The number of benzene rings is 1. The van der Waals surface area contributed by atoms with Crippen LogP contribution in [0, 0.1) is 0 Å². The summed E-state index contributed by atoms with van der Waals surface area (Å²) in [6, 6.07) is 3.09. The Morgan fingerprint density at radius 2 is 1.94 bits per heavy atom. The molecule has 1 aromatic rings. The van der Waals surface area contributed by atoms with Crippen molar-refractivity contribution < 1.29 is 24.1 Å². The fourth-order valence-corrected chi connectivity index (χ4v) is 1.97. The van der Waals surface area contributed by atoms with E-state index in [1.165, 1.54) is 27.4 Å². The Morgan fingerprint density at radius 1 is 1.29 bits per heavy atom. The van der Waals surface area contributed by atoms with Gasteiger partial charge in [0, 0.05) is 0 Å². The molecule has 94 valence electrons. The predicted molar refractivity (Wildman–Crippen MR) is 64.2 cm³/mol. The van der Waals surface area contributed by atoms with Crippen LogP contribution in [0.1, 0.15) is 11.7 Å². The zero-order valence-electron chi connectivity index (χ0n) is 9.69. The van der Waals surface area contributed by atoms with Crippen molar-refractivity contribution >= 4 is 21.9 Å². The third kappa shape index (κ3) is 2.89. The third-order valence-corrected chi connectivity index (χ3v) is 2.79. The molecule has 1 unspecified atom stereocenters. The molecule has 1 atom stereocenters. The van der Waals surface area contributed by atoms with Gasteiger partial charge in [-0.1, -0.05) is 0 Å². The van der Waals surface area contributed by atoms with E-state index >= 15 is 0 Å². The van der Waals surface area contributed by atoms with Crippen molar-refractivity contribution in [1.29, 1.82) is 0 Å².